The first-order chi connectivity index (χ1) is 15.6. The molecule has 0 saturated carbocycles. The maximum atomic E-state index is 10.1. The van der Waals surface area contributed by atoms with E-state index in [9.17, 15) is 10.4 Å². The van der Waals surface area contributed by atoms with Gasteiger partial charge in [-0.15, -0.1) is 0 Å². The van der Waals surface area contributed by atoms with E-state index in [-0.39, 0.29) is 6.10 Å². The Morgan fingerprint density at radius 1 is 1.03 bits per heavy atom. The number of likely N-dealkylation sites (tertiary alicyclic amines) is 1. The molecule has 3 heterocycles. The minimum absolute atomic E-state index is 0.221. The first-order valence-corrected chi connectivity index (χ1v) is 11.7. The van der Waals surface area contributed by atoms with Crippen LogP contribution in [0.4, 0.5) is 5.69 Å². The zero-order valence-corrected chi connectivity index (χ0v) is 18.7. The predicted molar refractivity (Wildman–Crippen MR) is 124 cm³/mol. The van der Waals surface area contributed by atoms with Crippen LogP contribution in [0, 0.1) is 17.2 Å². The van der Waals surface area contributed by atoms with Gasteiger partial charge in [-0.1, -0.05) is 18.2 Å². The molecule has 3 aliphatic heterocycles. The molecular formula is C26H31N3O3. The normalized spacial score (nSPS) is 22.5. The van der Waals surface area contributed by atoms with Gasteiger partial charge in [0.1, 0.15) is 19.3 Å². The SMILES string of the molecule is C[C@@H](O)C1CCN(C2CCN(c3cccc(-c4ccc5c(c4)OCCO5)c3C#N)CC2)C1. The molecule has 32 heavy (non-hydrogen) atoms. The van der Waals surface area contributed by atoms with Crippen LogP contribution in [0.25, 0.3) is 11.1 Å². The van der Waals surface area contributed by atoms with E-state index in [1.54, 1.807) is 0 Å². The highest BCUT2D eigenvalue weighted by Gasteiger charge is 2.33. The number of aliphatic hydroxyl groups excluding tert-OH is 1. The predicted octanol–water partition coefficient (Wildman–Crippen LogP) is 3.67. The molecule has 2 saturated heterocycles. The molecule has 0 radical (unpaired) electrons. The first-order valence-electron chi connectivity index (χ1n) is 11.7. The average molecular weight is 434 g/mol. The van der Waals surface area contributed by atoms with E-state index in [4.69, 9.17) is 9.47 Å². The molecule has 0 amide bonds. The summed E-state index contributed by atoms with van der Waals surface area (Å²) >= 11 is 0. The third kappa shape index (κ3) is 4.03. The maximum Gasteiger partial charge on any atom is 0.161 e. The van der Waals surface area contributed by atoms with Crippen LogP contribution in [-0.4, -0.2) is 61.5 Å². The Morgan fingerprint density at radius 3 is 2.53 bits per heavy atom. The third-order valence-electron chi connectivity index (χ3n) is 7.27. The van der Waals surface area contributed by atoms with Gasteiger partial charge in [-0.05, 0) is 62.4 Å². The highest BCUT2D eigenvalue weighted by atomic mass is 16.6. The Bertz CT molecular complexity index is 1010. The lowest BCUT2D eigenvalue weighted by atomic mass is 9.96. The Morgan fingerprint density at radius 2 is 1.81 bits per heavy atom. The minimum atomic E-state index is -0.221. The van der Waals surface area contributed by atoms with E-state index in [0.29, 0.717) is 25.2 Å². The average Bonchev–Trinajstić information content (AvgIpc) is 3.34. The Labute approximate surface area is 190 Å². The second-order valence-electron chi connectivity index (χ2n) is 9.17. The standard InChI is InChI=1S/C26H31N3O3/c1-18(30)20-7-10-29(17-20)21-8-11-28(12-9-21)24-4-2-3-22(23(24)16-27)19-5-6-25-26(15-19)32-14-13-31-25/h2-6,15,18,20-21,30H,7-14,17H2,1H3/t18-,20?/m1/s1. The summed E-state index contributed by atoms with van der Waals surface area (Å²) in [7, 11) is 0. The van der Waals surface area contributed by atoms with Crippen molar-refractivity contribution in [3.63, 3.8) is 0 Å². The van der Waals surface area contributed by atoms with Gasteiger partial charge in [-0.25, -0.2) is 0 Å². The van der Waals surface area contributed by atoms with Crippen molar-refractivity contribution in [2.24, 2.45) is 5.92 Å². The number of benzene rings is 2. The minimum Gasteiger partial charge on any atom is -0.486 e. The maximum absolute atomic E-state index is 10.1. The molecule has 6 heteroatoms. The van der Waals surface area contributed by atoms with Crippen molar-refractivity contribution in [1.82, 2.24) is 4.90 Å². The zero-order chi connectivity index (χ0) is 22.1. The molecule has 2 aromatic carbocycles. The van der Waals surface area contributed by atoms with Gasteiger partial charge in [0.25, 0.3) is 0 Å². The fraction of sp³-hybridized carbons (Fsp3) is 0.500. The van der Waals surface area contributed by atoms with Gasteiger partial charge >= 0.3 is 0 Å². The van der Waals surface area contributed by atoms with Crippen LogP contribution < -0.4 is 14.4 Å². The highest BCUT2D eigenvalue weighted by molar-refractivity contribution is 5.79. The highest BCUT2D eigenvalue weighted by Crippen LogP contribution is 2.38. The number of piperidine rings is 1. The summed E-state index contributed by atoms with van der Waals surface area (Å²) in [5.41, 5.74) is 3.65. The van der Waals surface area contributed by atoms with E-state index >= 15 is 0 Å². The summed E-state index contributed by atoms with van der Waals surface area (Å²) < 4.78 is 11.4. The van der Waals surface area contributed by atoms with Crippen molar-refractivity contribution in [1.29, 1.82) is 5.26 Å². The summed E-state index contributed by atoms with van der Waals surface area (Å²) in [4.78, 5) is 4.92. The van der Waals surface area contributed by atoms with Crippen LogP contribution in [0.2, 0.25) is 0 Å². The van der Waals surface area contributed by atoms with E-state index in [2.05, 4.69) is 21.9 Å². The Hall–Kier alpha value is -2.75. The fourth-order valence-electron chi connectivity index (χ4n) is 5.39. The number of rotatable bonds is 4. The summed E-state index contributed by atoms with van der Waals surface area (Å²) in [6.45, 7) is 7.01. The monoisotopic (exact) mass is 433 g/mol. The lowest BCUT2D eigenvalue weighted by Crippen LogP contribution is -2.44. The van der Waals surface area contributed by atoms with Gasteiger partial charge in [-0.3, -0.25) is 4.90 Å². The van der Waals surface area contributed by atoms with Gasteiger partial charge in [0, 0.05) is 31.2 Å². The van der Waals surface area contributed by atoms with Gasteiger partial charge < -0.3 is 19.5 Å². The van der Waals surface area contributed by atoms with Crippen LogP contribution in [0.15, 0.2) is 36.4 Å². The van der Waals surface area contributed by atoms with E-state index in [0.717, 1.165) is 79.3 Å². The topological polar surface area (TPSA) is 69.0 Å². The second-order valence-corrected chi connectivity index (χ2v) is 9.17. The van der Waals surface area contributed by atoms with E-state index in [1.165, 1.54) is 0 Å². The van der Waals surface area contributed by atoms with Crippen molar-refractivity contribution in [3.05, 3.63) is 42.0 Å². The molecule has 2 fully saturated rings. The van der Waals surface area contributed by atoms with Crippen LogP contribution >= 0.6 is 0 Å². The summed E-state index contributed by atoms with van der Waals surface area (Å²) in [6, 6.07) is 15.1. The molecule has 2 aromatic rings. The van der Waals surface area contributed by atoms with Gasteiger partial charge in [0.15, 0.2) is 11.5 Å². The molecule has 5 rings (SSSR count). The molecule has 0 bridgehead atoms. The van der Waals surface area contributed by atoms with Crippen molar-refractivity contribution in [3.8, 4) is 28.7 Å². The number of aliphatic hydroxyl groups is 1. The first kappa shape index (κ1) is 21.1. The quantitative estimate of drug-likeness (QED) is 0.794. The molecule has 168 valence electrons. The molecule has 1 N–H and O–H groups in total. The second kappa shape index (κ2) is 9.01. The van der Waals surface area contributed by atoms with Gasteiger partial charge in [-0.2, -0.15) is 5.26 Å². The summed E-state index contributed by atoms with van der Waals surface area (Å²) in [5.74, 6) is 1.90. The Kier molecular flexibility index (Phi) is 5.95. The lowest BCUT2D eigenvalue weighted by Gasteiger charge is -2.38. The van der Waals surface area contributed by atoms with Crippen LogP contribution in [0.5, 0.6) is 11.5 Å². The molecule has 0 aliphatic carbocycles. The van der Waals surface area contributed by atoms with Crippen LogP contribution in [0.3, 0.4) is 0 Å². The summed E-state index contributed by atoms with van der Waals surface area (Å²) in [6.07, 6.45) is 3.05. The molecule has 0 aromatic heterocycles. The van der Waals surface area contributed by atoms with Crippen LogP contribution in [0.1, 0.15) is 31.7 Å². The van der Waals surface area contributed by atoms with Crippen molar-refractivity contribution < 1.29 is 14.6 Å². The number of anilines is 1. The number of ether oxygens (including phenoxy) is 2. The lowest BCUT2D eigenvalue weighted by molar-refractivity contribution is 0.118. The van der Waals surface area contributed by atoms with Crippen molar-refractivity contribution in [2.45, 2.75) is 38.3 Å². The zero-order valence-electron chi connectivity index (χ0n) is 18.7. The Balaban J connectivity index is 1.33. The van der Waals surface area contributed by atoms with Crippen LogP contribution in [-0.2, 0) is 0 Å². The number of hydrogen-bond donors (Lipinski definition) is 1. The number of nitriles is 1. The third-order valence-corrected chi connectivity index (χ3v) is 7.27. The van der Waals surface area contributed by atoms with Gasteiger partial charge in [0.05, 0.1) is 17.4 Å². The molecule has 3 aliphatic rings. The molecule has 0 spiro atoms. The van der Waals surface area contributed by atoms with Crippen molar-refractivity contribution in [2.75, 3.05) is 44.3 Å². The number of fused-ring (bicyclic) bond motifs is 1. The summed E-state index contributed by atoms with van der Waals surface area (Å²) in [5, 5.41) is 20.0. The van der Waals surface area contributed by atoms with Gasteiger partial charge in [0.2, 0.25) is 0 Å². The molecular weight excluding hydrogens is 402 g/mol. The smallest absolute Gasteiger partial charge is 0.161 e. The molecule has 1 unspecified atom stereocenters. The number of nitrogens with zero attached hydrogens (tertiary/aromatic N) is 3. The van der Waals surface area contributed by atoms with Crippen molar-refractivity contribution >= 4 is 5.69 Å². The number of hydrogen-bond acceptors (Lipinski definition) is 6. The largest absolute Gasteiger partial charge is 0.486 e. The molecule has 2 atom stereocenters. The fourth-order valence-corrected chi connectivity index (χ4v) is 5.39. The van der Waals surface area contributed by atoms with E-state index in [1.807, 2.05) is 37.3 Å². The van der Waals surface area contributed by atoms with E-state index < -0.39 is 0 Å². The molecule has 6 nitrogen and oxygen atoms in total.